The summed E-state index contributed by atoms with van der Waals surface area (Å²) in [5.41, 5.74) is 5.54. The number of carbonyl (C=O) groups excluding carboxylic acids is 1. The van der Waals surface area contributed by atoms with Crippen LogP contribution in [0.5, 0.6) is 0 Å². The van der Waals surface area contributed by atoms with E-state index in [4.69, 9.17) is 10.5 Å². The summed E-state index contributed by atoms with van der Waals surface area (Å²) in [5, 5.41) is 3.16. The van der Waals surface area contributed by atoms with Crippen LogP contribution in [0.15, 0.2) is 0 Å². The highest BCUT2D eigenvalue weighted by molar-refractivity contribution is 5.89. The Morgan fingerprint density at radius 3 is 2.75 bits per heavy atom. The molecule has 0 aromatic carbocycles. The Morgan fingerprint density at radius 1 is 1.40 bits per heavy atom. The van der Waals surface area contributed by atoms with E-state index in [9.17, 15) is 4.79 Å². The van der Waals surface area contributed by atoms with Crippen LogP contribution < -0.4 is 11.1 Å². The first-order valence-electron chi connectivity index (χ1n) is 8.09. The highest BCUT2D eigenvalue weighted by Crippen LogP contribution is 2.57. The molecule has 114 valence electrons. The summed E-state index contributed by atoms with van der Waals surface area (Å²) in [6.45, 7) is 7.05. The number of carbonyl (C=O) groups is 1. The van der Waals surface area contributed by atoms with Crippen LogP contribution >= 0.6 is 0 Å². The van der Waals surface area contributed by atoms with Gasteiger partial charge in [0.2, 0.25) is 5.91 Å². The Balaban J connectivity index is 1.68. The molecular formula is C16H28N2O2. The zero-order valence-electron chi connectivity index (χ0n) is 12.9. The molecule has 1 heterocycles. The van der Waals surface area contributed by atoms with Crippen molar-refractivity contribution in [2.45, 2.75) is 70.6 Å². The number of amides is 1. The molecule has 2 saturated carbocycles. The lowest BCUT2D eigenvalue weighted by atomic mass is 9.46. The van der Waals surface area contributed by atoms with Gasteiger partial charge in [0, 0.05) is 24.0 Å². The van der Waals surface area contributed by atoms with Crippen LogP contribution in [0.2, 0.25) is 0 Å². The second-order valence-corrected chi connectivity index (χ2v) is 7.68. The summed E-state index contributed by atoms with van der Waals surface area (Å²) < 4.78 is 5.86. The molecule has 0 aromatic heterocycles. The molecule has 1 amide bonds. The molecule has 3 rings (SSSR count). The molecule has 2 aliphatic carbocycles. The van der Waals surface area contributed by atoms with E-state index in [2.05, 4.69) is 26.1 Å². The second kappa shape index (κ2) is 4.70. The van der Waals surface area contributed by atoms with Crippen LogP contribution in [0.25, 0.3) is 0 Å². The van der Waals surface area contributed by atoms with Crippen LogP contribution in [-0.4, -0.2) is 30.2 Å². The average Bonchev–Trinajstić information content (AvgIpc) is 3.21. The van der Waals surface area contributed by atoms with Crippen LogP contribution in [0, 0.1) is 17.3 Å². The molecule has 4 unspecified atom stereocenters. The van der Waals surface area contributed by atoms with Crippen molar-refractivity contribution in [1.29, 1.82) is 0 Å². The Hall–Kier alpha value is -0.610. The number of fused-ring (bicyclic) bond motifs is 1. The number of nitrogens with two attached hydrogens (primary N) is 1. The molecule has 4 nitrogen and oxygen atoms in total. The monoisotopic (exact) mass is 280 g/mol. The zero-order valence-corrected chi connectivity index (χ0v) is 12.9. The second-order valence-electron chi connectivity index (χ2n) is 7.68. The third kappa shape index (κ3) is 2.00. The van der Waals surface area contributed by atoms with Gasteiger partial charge in [-0.1, -0.05) is 26.7 Å². The maximum atomic E-state index is 12.7. The molecule has 3 fully saturated rings. The summed E-state index contributed by atoms with van der Waals surface area (Å²) in [4.78, 5) is 12.7. The lowest BCUT2D eigenvalue weighted by Crippen LogP contribution is -2.82. The van der Waals surface area contributed by atoms with E-state index in [0.717, 1.165) is 31.8 Å². The molecule has 3 N–H and O–H groups in total. The van der Waals surface area contributed by atoms with Crippen molar-refractivity contribution >= 4 is 5.91 Å². The summed E-state index contributed by atoms with van der Waals surface area (Å²) in [7, 11) is 0. The van der Waals surface area contributed by atoms with E-state index in [-0.39, 0.29) is 29.4 Å². The first-order valence-corrected chi connectivity index (χ1v) is 8.09. The predicted octanol–water partition coefficient (Wildman–Crippen LogP) is 1.82. The van der Waals surface area contributed by atoms with E-state index in [1.807, 2.05) is 0 Å². The number of hydrogen-bond donors (Lipinski definition) is 2. The Labute approximate surface area is 121 Å². The lowest BCUT2D eigenvalue weighted by molar-refractivity contribution is -0.225. The van der Waals surface area contributed by atoms with Crippen LogP contribution in [0.4, 0.5) is 0 Å². The Morgan fingerprint density at radius 2 is 2.10 bits per heavy atom. The molecule has 4 atom stereocenters. The third-order valence-electron chi connectivity index (χ3n) is 5.82. The van der Waals surface area contributed by atoms with E-state index in [1.165, 1.54) is 12.8 Å². The first kappa shape index (κ1) is 14.3. The standard InChI is InChI=1S/C16H28N2O2/c1-10(9-11-6-7-11)18-14(19)16(17)12-5-4-8-20-13(12)15(16,2)3/h10-13H,4-9,17H2,1-3H3,(H,18,19). The minimum absolute atomic E-state index is 0.0300. The molecule has 0 spiro atoms. The summed E-state index contributed by atoms with van der Waals surface area (Å²) in [6, 6.07) is 0.231. The topological polar surface area (TPSA) is 64.4 Å². The number of ether oxygens (including phenoxy) is 1. The van der Waals surface area contributed by atoms with Gasteiger partial charge in [-0.3, -0.25) is 4.79 Å². The van der Waals surface area contributed by atoms with E-state index >= 15 is 0 Å². The molecule has 4 heteroatoms. The van der Waals surface area contributed by atoms with Crippen molar-refractivity contribution in [1.82, 2.24) is 5.32 Å². The molecule has 0 bridgehead atoms. The SMILES string of the molecule is CC(CC1CC1)NC(=O)C1(N)C2CCCOC2C1(C)C. The Kier molecular flexibility index (Phi) is 3.37. The third-order valence-corrected chi connectivity index (χ3v) is 5.82. The Bertz CT molecular complexity index is 405. The normalized spacial score (nSPS) is 40.4. The smallest absolute Gasteiger partial charge is 0.241 e. The van der Waals surface area contributed by atoms with Crippen LogP contribution in [-0.2, 0) is 9.53 Å². The number of nitrogens with one attached hydrogen (secondary N) is 1. The van der Waals surface area contributed by atoms with E-state index in [0.29, 0.717) is 0 Å². The molecule has 20 heavy (non-hydrogen) atoms. The van der Waals surface area contributed by atoms with Crippen molar-refractivity contribution in [2.75, 3.05) is 6.61 Å². The first-order chi connectivity index (χ1) is 9.37. The van der Waals surface area contributed by atoms with Gasteiger partial charge in [0.25, 0.3) is 0 Å². The van der Waals surface area contributed by atoms with Crippen molar-refractivity contribution in [3.63, 3.8) is 0 Å². The maximum Gasteiger partial charge on any atom is 0.241 e. The summed E-state index contributed by atoms with van der Waals surface area (Å²) in [5.74, 6) is 1.03. The predicted molar refractivity (Wildman–Crippen MR) is 78.1 cm³/mol. The fourth-order valence-corrected chi connectivity index (χ4v) is 4.29. The van der Waals surface area contributed by atoms with Crippen LogP contribution in [0.3, 0.4) is 0 Å². The highest BCUT2D eigenvalue weighted by atomic mass is 16.5. The van der Waals surface area contributed by atoms with Gasteiger partial charge in [0.15, 0.2) is 0 Å². The fourth-order valence-electron chi connectivity index (χ4n) is 4.29. The van der Waals surface area contributed by atoms with Crippen LogP contribution in [0.1, 0.15) is 52.9 Å². The summed E-state index contributed by atoms with van der Waals surface area (Å²) in [6.07, 6.45) is 5.89. The van der Waals surface area contributed by atoms with Crippen molar-refractivity contribution in [3.8, 4) is 0 Å². The van der Waals surface area contributed by atoms with Gasteiger partial charge in [-0.05, 0) is 32.1 Å². The number of hydrogen-bond acceptors (Lipinski definition) is 3. The van der Waals surface area contributed by atoms with Gasteiger partial charge in [-0.25, -0.2) is 0 Å². The minimum atomic E-state index is -0.768. The molecule has 1 aliphatic heterocycles. The van der Waals surface area contributed by atoms with Crippen molar-refractivity contribution < 1.29 is 9.53 Å². The van der Waals surface area contributed by atoms with Gasteiger partial charge in [0.05, 0.1) is 6.10 Å². The zero-order chi connectivity index (χ0) is 14.5. The van der Waals surface area contributed by atoms with E-state index < -0.39 is 5.54 Å². The van der Waals surface area contributed by atoms with Gasteiger partial charge < -0.3 is 15.8 Å². The average molecular weight is 280 g/mol. The van der Waals surface area contributed by atoms with Gasteiger partial charge >= 0.3 is 0 Å². The van der Waals surface area contributed by atoms with Crippen molar-refractivity contribution in [3.05, 3.63) is 0 Å². The molecule has 1 saturated heterocycles. The summed E-state index contributed by atoms with van der Waals surface area (Å²) >= 11 is 0. The fraction of sp³-hybridized carbons (Fsp3) is 0.938. The minimum Gasteiger partial charge on any atom is -0.377 e. The van der Waals surface area contributed by atoms with Gasteiger partial charge in [-0.15, -0.1) is 0 Å². The largest absolute Gasteiger partial charge is 0.377 e. The molecule has 0 aromatic rings. The highest BCUT2D eigenvalue weighted by Gasteiger charge is 2.70. The quantitative estimate of drug-likeness (QED) is 0.825. The van der Waals surface area contributed by atoms with E-state index in [1.54, 1.807) is 0 Å². The molecule has 0 radical (unpaired) electrons. The number of rotatable bonds is 4. The van der Waals surface area contributed by atoms with Crippen molar-refractivity contribution in [2.24, 2.45) is 23.0 Å². The maximum absolute atomic E-state index is 12.7. The lowest BCUT2D eigenvalue weighted by Gasteiger charge is -2.65. The van der Waals surface area contributed by atoms with Gasteiger partial charge in [0.1, 0.15) is 5.54 Å². The molecular weight excluding hydrogens is 252 g/mol. The van der Waals surface area contributed by atoms with Gasteiger partial charge in [-0.2, -0.15) is 0 Å². The molecule has 3 aliphatic rings.